The van der Waals surface area contributed by atoms with Crippen LogP contribution in [-0.4, -0.2) is 50.6 Å². The Labute approximate surface area is 266 Å². The number of nitrogens with zero attached hydrogens (tertiary/aromatic N) is 1. The van der Waals surface area contributed by atoms with Crippen molar-refractivity contribution < 1.29 is 36.6 Å². The fraction of sp³-hybridized carbons (Fsp3) is 0.312. The molecule has 0 fully saturated rings. The van der Waals surface area contributed by atoms with Crippen molar-refractivity contribution in [3.8, 4) is 11.5 Å². The van der Waals surface area contributed by atoms with Crippen molar-refractivity contribution in [2.24, 2.45) is 0 Å². The summed E-state index contributed by atoms with van der Waals surface area (Å²) in [6.07, 6.45) is -4.37. The molecular formula is C32H36F4N4O4S. The minimum atomic E-state index is -4.89. The maximum Gasteiger partial charge on any atom is 0.419 e. The lowest BCUT2D eigenvalue weighted by atomic mass is 10.0. The summed E-state index contributed by atoms with van der Waals surface area (Å²) in [7, 11) is 3.24. The van der Waals surface area contributed by atoms with Gasteiger partial charge in [0.15, 0.2) is 11.5 Å². The summed E-state index contributed by atoms with van der Waals surface area (Å²) < 4.78 is 63.9. The minimum absolute atomic E-state index is 0. The molecule has 0 bridgehead atoms. The summed E-state index contributed by atoms with van der Waals surface area (Å²) in [4.78, 5) is 27.9. The molecule has 0 radical (unpaired) electrons. The number of carbonyl (C=O) groups excluding carboxylic acids is 2. The second-order valence-corrected chi connectivity index (χ2v) is 10.1. The van der Waals surface area contributed by atoms with E-state index in [2.05, 4.69) is 16.0 Å². The molecule has 3 N–H and O–H groups in total. The number of ether oxygens (including phenoxy) is 2. The van der Waals surface area contributed by atoms with Crippen molar-refractivity contribution in [3.63, 3.8) is 0 Å². The number of rotatable bonds is 11. The zero-order chi connectivity index (χ0) is 31.9. The highest BCUT2D eigenvalue weighted by atomic mass is 32.1. The second-order valence-electron chi connectivity index (χ2n) is 10.1. The van der Waals surface area contributed by atoms with Crippen LogP contribution in [0, 0.1) is 5.82 Å². The van der Waals surface area contributed by atoms with Gasteiger partial charge in [-0.3, -0.25) is 14.5 Å². The Balaban J connectivity index is 0.00000552. The molecule has 3 aromatic rings. The van der Waals surface area contributed by atoms with Crippen molar-refractivity contribution in [2.45, 2.75) is 32.6 Å². The Kier molecular flexibility index (Phi) is 12.3. The average molecular weight is 649 g/mol. The van der Waals surface area contributed by atoms with Gasteiger partial charge in [-0.2, -0.15) is 26.7 Å². The normalized spacial score (nSPS) is 13.5. The van der Waals surface area contributed by atoms with Crippen LogP contribution in [0.3, 0.4) is 0 Å². The quantitative estimate of drug-likeness (QED) is 0.234. The molecule has 1 aliphatic rings. The lowest BCUT2D eigenvalue weighted by molar-refractivity contribution is -0.140. The van der Waals surface area contributed by atoms with Crippen LogP contribution in [-0.2, 0) is 24.1 Å². The van der Waals surface area contributed by atoms with E-state index in [1.807, 2.05) is 36.1 Å². The maximum atomic E-state index is 13.7. The largest absolute Gasteiger partial charge is 0.493 e. The molecular weight excluding hydrogens is 612 g/mol. The highest BCUT2D eigenvalue weighted by molar-refractivity contribution is 7.59. The zero-order valence-electron chi connectivity index (χ0n) is 25.1. The Morgan fingerprint density at radius 2 is 1.67 bits per heavy atom. The molecule has 8 nitrogen and oxygen atoms in total. The predicted molar refractivity (Wildman–Crippen MR) is 168 cm³/mol. The molecule has 242 valence electrons. The van der Waals surface area contributed by atoms with Crippen LogP contribution < -0.4 is 25.4 Å². The summed E-state index contributed by atoms with van der Waals surface area (Å²) in [5.41, 5.74) is 1.71. The monoisotopic (exact) mass is 648 g/mol. The Morgan fingerprint density at radius 3 is 2.31 bits per heavy atom. The lowest BCUT2D eigenvalue weighted by Crippen LogP contribution is -2.38. The van der Waals surface area contributed by atoms with Crippen molar-refractivity contribution in [3.05, 3.63) is 100 Å². The van der Waals surface area contributed by atoms with Gasteiger partial charge >= 0.3 is 6.18 Å². The molecule has 0 saturated carbocycles. The zero-order valence-corrected chi connectivity index (χ0v) is 26.1. The van der Waals surface area contributed by atoms with Gasteiger partial charge in [0.1, 0.15) is 5.82 Å². The van der Waals surface area contributed by atoms with Gasteiger partial charge in [0.2, 0.25) is 0 Å². The number of carbonyl (C=O) groups is 2. The number of nitrogens with one attached hydrogen (secondary N) is 3. The number of methoxy groups -OCH3 is 1. The van der Waals surface area contributed by atoms with Gasteiger partial charge in [0.25, 0.3) is 11.8 Å². The summed E-state index contributed by atoms with van der Waals surface area (Å²) in [5, 5.41) is 8.37. The van der Waals surface area contributed by atoms with Crippen molar-refractivity contribution >= 4 is 31.0 Å². The van der Waals surface area contributed by atoms with E-state index in [-0.39, 0.29) is 31.6 Å². The first-order valence-corrected chi connectivity index (χ1v) is 14.0. The fourth-order valence-electron chi connectivity index (χ4n) is 4.87. The van der Waals surface area contributed by atoms with Gasteiger partial charge in [-0.05, 0) is 60.5 Å². The highest BCUT2D eigenvalue weighted by Crippen LogP contribution is 2.33. The second kappa shape index (κ2) is 15.7. The van der Waals surface area contributed by atoms with Crippen LogP contribution in [0.4, 0.5) is 23.2 Å². The molecule has 3 aromatic carbocycles. The molecule has 0 unspecified atom stereocenters. The van der Waals surface area contributed by atoms with Crippen LogP contribution in [0.5, 0.6) is 11.5 Å². The van der Waals surface area contributed by atoms with Gasteiger partial charge in [0, 0.05) is 56.6 Å². The number of hydrogen-bond acceptors (Lipinski definition) is 6. The molecule has 1 heterocycles. The molecule has 0 spiro atoms. The van der Waals surface area contributed by atoms with E-state index in [0.29, 0.717) is 73.1 Å². The number of amides is 2. The van der Waals surface area contributed by atoms with Crippen LogP contribution in [0.2, 0.25) is 0 Å². The summed E-state index contributed by atoms with van der Waals surface area (Å²) >= 11 is 0. The van der Waals surface area contributed by atoms with E-state index >= 15 is 0 Å². The smallest absolute Gasteiger partial charge is 0.419 e. The number of alkyl halides is 3. The summed E-state index contributed by atoms with van der Waals surface area (Å²) in [6.45, 7) is 4.02. The molecule has 45 heavy (non-hydrogen) atoms. The molecule has 2 amide bonds. The van der Waals surface area contributed by atoms with E-state index in [1.165, 1.54) is 0 Å². The third-order valence-electron chi connectivity index (χ3n) is 7.13. The topological polar surface area (TPSA) is 91.9 Å². The number of benzene rings is 3. The molecule has 0 saturated heterocycles. The third-order valence-corrected chi connectivity index (χ3v) is 7.13. The van der Waals surface area contributed by atoms with Gasteiger partial charge in [-0.15, -0.1) is 0 Å². The van der Waals surface area contributed by atoms with Crippen LogP contribution in [0.1, 0.15) is 40.4 Å². The van der Waals surface area contributed by atoms with Crippen molar-refractivity contribution in [1.82, 2.24) is 15.5 Å². The van der Waals surface area contributed by atoms with Gasteiger partial charge in [-0.25, -0.2) is 4.39 Å². The van der Waals surface area contributed by atoms with Gasteiger partial charge in [0.05, 0.1) is 24.9 Å². The average Bonchev–Trinajstić information content (AvgIpc) is 3.01. The first-order chi connectivity index (χ1) is 21.0. The van der Waals surface area contributed by atoms with Crippen LogP contribution in [0.25, 0.3) is 0 Å². The van der Waals surface area contributed by atoms with E-state index in [4.69, 9.17) is 9.47 Å². The standard InChI is InChI=1S/C32H34F4N4O4.H2S/c1-4-44-29-15-21(7-12-28(29)43-3)17-38-30(41)22-8-5-20(6-9-22)18-40-14-13-27(37-2)24(19-40)31(42)39-23-10-11-26(33)25(16-23)32(34,35)36;/h5-12,15-16,37H,4,13-14,17-19H2,1-3H3,(H,38,41)(H,39,42);1H2. The van der Waals surface area contributed by atoms with Crippen molar-refractivity contribution in [1.29, 1.82) is 0 Å². The minimum Gasteiger partial charge on any atom is -0.493 e. The number of hydrogen-bond donors (Lipinski definition) is 3. The molecule has 1 aliphatic heterocycles. The molecule has 4 rings (SSSR count). The first-order valence-electron chi connectivity index (χ1n) is 14.0. The number of anilines is 1. The number of halogens is 4. The van der Waals surface area contributed by atoms with E-state index < -0.39 is 23.5 Å². The Morgan fingerprint density at radius 1 is 0.956 bits per heavy atom. The van der Waals surface area contributed by atoms with E-state index in [1.54, 1.807) is 32.4 Å². The first kappa shape index (κ1) is 35.3. The Bertz CT molecular complexity index is 1530. The fourth-order valence-corrected chi connectivity index (χ4v) is 4.87. The maximum absolute atomic E-state index is 13.7. The SMILES string of the molecule is CCOc1cc(CNC(=O)c2ccc(CN3CCC(NC)=C(C(=O)Nc4ccc(F)c(C(F)(F)F)c4)C3)cc2)ccc1OC.S. The van der Waals surface area contributed by atoms with E-state index in [0.717, 1.165) is 17.2 Å². The highest BCUT2D eigenvalue weighted by Gasteiger charge is 2.34. The molecule has 13 heteroatoms. The van der Waals surface area contributed by atoms with Gasteiger partial charge < -0.3 is 25.4 Å². The van der Waals surface area contributed by atoms with Gasteiger partial charge in [-0.1, -0.05) is 18.2 Å². The third kappa shape index (κ3) is 9.14. The van der Waals surface area contributed by atoms with Crippen molar-refractivity contribution in [2.75, 3.05) is 39.2 Å². The summed E-state index contributed by atoms with van der Waals surface area (Å²) in [6, 6.07) is 15.0. The van der Waals surface area contributed by atoms with E-state index in [9.17, 15) is 27.2 Å². The molecule has 0 atom stereocenters. The Hall–Kier alpha value is -4.23. The molecule has 0 aromatic heterocycles. The summed E-state index contributed by atoms with van der Waals surface area (Å²) in [5.74, 6) is -1.00. The lowest BCUT2D eigenvalue weighted by Gasteiger charge is -2.30. The predicted octanol–water partition coefficient (Wildman–Crippen LogP) is 5.61. The van der Waals surface area contributed by atoms with Crippen LogP contribution in [0.15, 0.2) is 71.9 Å². The molecule has 0 aliphatic carbocycles. The van der Waals surface area contributed by atoms with Crippen LogP contribution >= 0.6 is 13.5 Å².